The van der Waals surface area contributed by atoms with Crippen molar-refractivity contribution in [3.63, 3.8) is 0 Å². The van der Waals surface area contributed by atoms with E-state index in [4.69, 9.17) is 15.2 Å². The molecule has 0 amide bonds. The first-order valence-electron chi connectivity index (χ1n) is 10.4. The molecule has 4 rings (SSSR count). The van der Waals surface area contributed by atoms with Crippen molar-refractivity contribution in [2.45, 2.75) is 42.9 Å². The molecular formula is C23H30N2O3S. The first-order valence-corrected chi connectivity index (χ1v) is 11.9. The molecule has 156 valence electrons. The molecule has 2 atom stereocenters. The number of hydrogen-bond acceptors (Lipinski definition) is 5. The van der Waals surface area contributed by atoms with Gasteiger partial charge in [0.25, 0.3) is 5.79 Å². The van der Waals surface area contributed by atoms with E-state index in [1.165, 1.54) is 0 Å². The van der Waals surface area contributed by atoms with Crippen molar-refractivity contribution in [2.75, 3.05) is 25.9 Å². The molecule has 0 aliphatic carbocycles. The topological polar surface area (TPSA) is 70.8 Å². The lowest BCUT2D eigenvalue weighted by molar-refractivity contribution is -0.149. The van der Waals surface area contributed by atoms with Gasteiger partial charge in [0.1, 0.15) is 6.26 Å². The highest BCUT2D eigenvalue weighted by Crippen LogP contribution is 2.50. The number of fused-ring (bicyclic) bond motifs is 1. The second kappa shape index (κ2) is 8.56. The summed E-state index contributed by atoms with van der Waals surface area (Å²) in [6.45, 7) is 4.99. The molecule has 2 N–H and O–H groups in total. The molecule has 2 aliphatic heterocycles. The summed E-state index contributed by atoms with van der Waals surface area (Å²) in [6.07, 6.45) is 4.69. The number of likely N-dealkylation sites (tertiary alicyclic amines) is 1. The number of para-hydroxylation sites is 2. The molecule has 0 spiro atoms. The summed E-state index contributed by atoms with van der Waals surface area (Å²) in [6, 6.07) is 16.2. The lowest BCUT2D eigenvalue weighted by Crippen LogP contribution is -2.50. The van der Waals surface area contributed by atoms with Crippen LogP contribution in [0.1, 0.15) is 31.7 Å². The molecule has 6 heteroatoms. The predicted molar refractivity (Wildman–Crippen MR) is 116 cm³/mol. The maximum absolute atomic E-state index is 11.8. The Morgan fingerprint density at radius 2 is 1.69 bits per heavy atom. The minimum absolute atomic E-state index is 0.231. The van der Waals surface area contributed by atoms with Crippen LogP contribution >= 0.6 is 0 Å². The zero-order valence-corrected chi connectivity index (χ0v) is 18.0. The number of piperidine rings is 1. The Hall–Kier alpha value is -1.73. The third-order valence-electron chi connectivity index (χ3n) is 6.24. The zero-order chi connectivity index (χ0) is 20.4. The smallest absolute Gasteiger partial charge is 0.281 e. The Bertz CT molecular complexity index is 794. The van der Waals surface area contributed by atoms with Crippen LogP contribution in [-0.2, 0) is 17.0 Å². The van der Waals surface area contributed by atoms with Gasteiger partial charge in [-0.05, 0) is 93.4 Å². The van der Waals surface area contributed by atoms with Crippen LogP contribution in [0.3, 0.4) is 0 Å². The number of rotatable bonds is 6. The van der Waals surface area contributed by atoms with Crippen LogP contribution in [0.15, 0.2) is 53.4 Å². The average Bonchev–Trinajstić information content (AvgIpc) is 3.15. The lowest BCUT2D eigenvalue weighted by Gasteiger charge is -2.42. The number of benzene rings is 2. The molecule has 0 saturated carbocycles. The van der Waals surface area contributed by atoms with Crippen molar-refractivity contribution in [3.05, 3.63) is 54.1 Å². The Morgan fingerprint density at radius 1 is 1.10 bits per heavy atom. The van der Waals surface area contributed by atoms with Crippen LogP contribution in [0.2, 0.25) is 0 Å². The van der Waals surface area contributed by atoms with Gasteiger partial charge in [-0.1, -0.05) is 12.1 Å². The Morgan fingerprint density at radius 3 is 2.21 bits per heavy atom. The standard InChI is InChI=1S/C23H30N2O3S/c1-17(11-14-24)25-15-12-19(13-16-25)23(18-7-9-20(10-8-18)29(2)26)27-21-5-3-4-6-22(21)28-23/h3-10,17,19H,11-16,24H2,1-2H3. The monoisotopic (exact) mass is 414 g/mol. The maximum atomic E-state index is 11.8. The summed E-state index contributed by atoms with van der Waals surface area (Å²) < 4.78 is 24.9. The molecule has 29 heavy (non-hydrogen) atoms. The second-order valence-corrected chi connectivity index (χ2v) is 9.41. The molecular weight excluding hydrogens is 384 g/mol. The summed E-state index contributed by atoms with van der Waals surface area (Å²) in [5.74, 6) is 0.971. The number of nitrogens with zero attached hydrogens (tertiary/aromatic N) is 1. The van der Waals surface area contributed by atoms with E-state index in [0.717, 1.165) is 60.9 Å². The van der Waals surface area contributed by atoms with Crippen molar-refractivity contribution in [1.82, 2.24) is 4.90 Å². The Labute approximate surface area is 176 Å². The van der Waals surface area contributed by atoms with Crippen molar-refractivity contribution in [1.29, 1.82) is 0 Å². The van der Waals surface area contributed by atoms with Crippen molar-refractivity contribution in [3.8, 4) is 11.5 Å². The normalized spacial score (nSPS) is 21.1. The van der Waals surface area contributed by atoms with E-state index in [1.54, 1.807) is 6.26 Å². The summed E-state index contributed by atoms with van der Waals surface area (Å²) in [5, 5.41) is 0. The molecule has 2 aromatic carbocycles. The second-order valence-electron chi connectivity index (χ2n) is 8.03. The van der Waals surface area contributed by atoms with E-state index in [2.05, 4.69) is 11.8 Å². The van der Waals surface area contributed by atoms with Gasteiger partial charge in [0.2, 0.25) is 0 Å². The summed E-state index contributed by atoms with van der Waals surface area (Å²) in [5.41, 5.74) is 6.74. The highest BCUT2D eigenvalue weighted by molar-refractivity contribution is 7.90. The molecule has 2 unspecified atom stereocenters. The van der Waals surface area contributed by atoms with Crippen LogP contribution in [0.25, 0.3) is 0 Å². The average molecular weight is 415 g/mol. The first kappa shape index (κ1) is 20.5. The van der Waals surface area contributed by atoms with Crippen molar-refractivity contribution >= 4 is 11.2 Å². The summed E-state index contributed by atoms with van der Waals surface area (Å²) in [4.78, 5) is 3.33. The molecule has 2 aromatic rings. The van der Waals surface area contributed by atoms with E-state index in [-0.39, 0.29) is 5.92 Å². The van der Waals surface area contributed by atoms with E-state index in [1.807, 2.05) is 48.5 Å². The first-order chi connectivity index (χ1) is 14.0. The number of ether oxygens (including phenoxy) is 2. The van der Waals surface area contributed by atoms with Gasteiger partial charge < -0.3 is 24.7 Å². The minimum Gasteiger partial charge on any atom is -0.612 e. The van der Waals surface area contributed by atoms with Gasteiger partial charge in [0, 0.05) is 17.5 Å². The molecule has 1 saturated heterocycles. The van der Waals surface area contributed by atoms with Gasteiger partial charge in [-0.15, -0.1) is 0 Å². The largest absolute Gasteiger partial charge is 0.612 e. The fourth-order valence-corrected chi connectivity index (χ4v) is 5.03. The van der Waals surface area contributed by atoms with Crippen LogP contribution in [0.5, 0.6) is 11.5 Å². The highest BCUT2D eigenvalue weighted by Gasteiger charge is 2.51. The molecule has 2 aliphatic rings. The number of hydrogen-bond donors (Lipinski definition) is 1. The van der Waals surface area contributed by atoms with Crippen molar-refractivity contribution < 1.29 is 14.0 Å². The fourth-order valence-electron chi connectivity index (χ4n) is 4.51. The van der Waals surface area contributed by atoms with Crippen LogP contribution in [0, 0.1) is 5.92 Å². The van der Waals surface area contributed by atoms with Crippen LogP contribution < -0.4 is 15.2 Å². The third kappa shape index (κ3) is 3.99. The van der Waals surface area contributed by atoms with Crippen LogP contribution in [0.4, 0.5) is 0 Å². The van der Waals surface area contributed by atoms with Crippen LogP contribution in [-0.4, -0.2) is 41.4 Å². The van der Waals surface area contributed by atoms with E-state index in [0.29, 0.717) is 6.04 Å². The maximum Gasteiger partial charge on any atom is 0.281 e. The Kier molecular flexibility index (Phi) is 6.06. The minimum atomic E-state index is -1.01. The van der Waals surface area contributed by atoms with Crippen molar-refractivity contribution in [2.24, 2.45) is 11.7 Å². The lowest BCUT2D eigenvalue weighted by atomic mass is 9.83. The molecule has 5 nitrogen and oxygen atoms in total. The van der Waals surface area contributed by atoms with Gasteiger partial charge in [-0.25, -0.2) is 0 Å². The molecule has 0 bridgehead atoms. The van der Waals surface area contributed by atoms with Gasteiger partial charge in [0.15, 0.2) is 16.4 Å². The summed E-state index contributed by atoms with van der Waals surface area (Å²) >= 11 is -1.01. The van der Waals surface area contributed by atoms with Gasteiger partial charge in [-0.2, -0.15) is 0 Å². The fraction of sp³-hybridized carbons (Fsp3) is 0.478. The summed E-state index contributed by atoms with van der Waals surface area (Å²) in [7, 11) is 0. The Balaban J connectivity index is 1.61. The van der Waals surface area contributed by atoms with Gasteiger partial charge >= 0.3 is 0 Å². The molecule has 2 heterocycles. The molecule has 1 fully saturated rings. The molecule has 0 radical (unpaired) electrons. The highest BCUT2D eigenvalue weighted by atomic mass is 32.2. The quantitative estimate of drug-likeness (QED) is 0.733. The van der Waals surface area contributed by atoms with E-state index in [9.17, 15) is 4.55 Å². The predicted octanol–water partition coefficient (Wildman–Crippen LogP) is 3.50. The zero-order valence-electron chi connectivity index (χ0n) is 17.2. The SMILES string of the molecule is CC(CCN)N1CCC(C2(c3ccc([S+](C)[O-])cc3)Oc3ccccc3O2)CC1. The number of nitrogens with two attached hydrogens (primary N) is 1. The van der Waals surface area contributed by atoms with E-state index >= 15 is 0 Å². The van der Waals surface area contributed by atoms with Gasteiger partial charge in [-0.3, -0.25) is 0 Å². The van der Waals surface area contributed by atoms with E-state index < -0.39 is 17.0 Å². The third-order valence-corrected chi connectivity index (χ3v) is 7.17. The van der Waals surface area contributed by atoms with Gasteiger partial charge in [0.05, 0.1) is 0 Å². The molecule has 0 aromatic heterocycles.